The largest absolute Gasteiger partial charge is 0.349 e. The highest BCUT2D eigenvalue weighted by Gasteiger charge is 2.17. The Hall–Kier alpha value is -4.11. The van der Waals surface area contributed by atoms with E-state index >= 15 is 0 Å². The van der Waals surface area contributed by atoms with Crippen molar-refractivity contribution >= 4 is 23.9 Å². The zero-order valence-electron chi connectivity index (χ0n) is 25.5. The van der Waals surface area contributed by atoms with Gasteiger partial charge in [-0.25, -0.2) is 4.39 Å². The Morgan fingerprint density at radius 1 is 1.00 bits per heavy atom. The first-order chi connectivity index (χ1) is 20.1. The number of halogens is 1. The van der Waals surface area contributed by atoms with E-state index in [9.17, 15) is 18.8 Å². The number of carbonyl (C=O) groups is 3. The number of carbonyl (C=O) groups excluding carboxylic acids is 3. The van der Waals surface area contributed by atoms with Crippen molar-refractivity contribution in [1.29, 1.82) is 0 Å². The van der Waals surface area contributed by atoms with Gasteiger partial charge in [0.15, 0.2) is 0 Å². The number of pyridine rings is 1. The average Bonchev–Trinajstić information content (AvgIpc) is 2.97. The van der Waals surface area contributed by atoms with Crippen LogP contribution in [0.4, 0.5) is 10.1 Å². The summed E-state index contributed by atoms with van der Waals surface area (Å²) < 4.78 is 12.2. The molecule has 1 atom stereocenters. The molecular formula is C33H46FN5O3. The molecule has 3 aromatic rings. The maximum absolute atomic E-state index is 12.6. The SMILES string of the molecule is CCCN(CCC)C(=O)c1ccnc(C(=O)NCC(N)CC(C)C)c1.Cc1ccccc1.O=CNc1ccc(F)cc1. The summed E-state index contributed by atoms with van der Waals surface area (Å²) in [6.07, 6.45) is 4.70. The molecule has 3 amide bonds. The molecule has 0 radical (unpaired) electrons. The second-order valence-corrected chi connectivity index (χ2v) is 10.2. The molecule has 2 aromatic carbocycles. The summed E-state index contributed by atoms with van der Waals surface area (Å²) in [4.78, 5) is 40.7. The number of nitrogens with zero attached hydrogens (tertiary/aromatic N) is 2. The van der Waals surface area contributed by atoms with Crippen molar-refractivity contribution in [3.63, 3.8) is 0 Å². The fourth-order valence-corrected chi connectivity index (χ4v) is 3.88. The minimum atomic E-state index is -0.309. The van der Waals surface area contributed by atoms with Gasteiger partial charge in [-0.2, -0.15) is 0 Å². The third kappa shape index (κ3) is 15.0. The molecule has 1 unspecified atom stereocenters. The molecule has 0 bridgehead atoms. The monoisotopic (exact) mass is 579 g/mol. The average molecular weight is 580 g/mol. The van der Waals surface area contributed by atoms with Crippen LogP contribution in [-0.4, -0.2) is 53.8 Å². The summed E-state index contributed by atoms with van der Waals surface area (Å²) in [6, 6.07) is 18.9. The summed E-state index contributed by atoms with van der Waals surface area (Å²) in [7, 11) is 0. The number of hydrogen-bond donors (Lipinski definition) is 3. The number of nitrogens with two attached hydrogens (primary N) is 1. The van der Waals surface area contributed by atoms with Crippen molar-refractivity contribution in [3.8, 4) is 0 Å². The maximum atomic E-state index is 12.6. The van der Waals surface area contributed by atoms with Crippen molar-refractivity contribution in [2.75, 3.05) is 25.0 Å². The highest BCUT2D eigenvalue weighted by molar-refractivity contribution is 5.98. The lowest BCUT2D eigenvalue weighted by atomic mass is 10.0. The molecule has 42 heavy (non-hydrogen) atoms. The molecular weight excluding hydrogens is 533 g/mol. The standard InChI is InChI=1S/C19H32N4O2.C7H6FNO.C7H8/c1-5-9-23(10-6-2)19(25)15-7-8-21-17(12-15)18(24)22-13-16(20)11-14(3)4;8-6-1-3-7(4-2-6)9-5-10;1-7-5-3-2-4-6-7/h7-8,12,14,16H,5-6,9-11,13,20H2,1-4H3,(H,22,24);1-5H,(H,9,10);2-6H,1H3. The fourth-order valence-electron chi connectivity index (χ4n) is 3.88. The van der Waals surface area contributed by atoms with Gasteiger partial charge in [-0.3, -0.25) is 19.4 Å². The summed E-state index contributed by atoms with van der Waals surface area (Å²) in [5, 5.41) is 5.19. The lowest BCUT2D eigenvalue weighted by Crippen LogP contribution is -2.38. The number of hydrogen-bond acceptors (Lipinski definition) is 5. The number of amides is 3. The first-order valence-corrected chi connectivity index (χ1v) is 14.4. The number of benzene rings is 2. The van der Waals surface area contributed by atoms with Gasteiger partial charge < -0.3 is 21.3 Å². The van der Waals surface area contributed by atoms with Crippen LogP contribution in [-0.2, 0) is 4.79 Å². The number of nitrogens with one attached hydrogen (secondary N) is 2. The number of aromatic nitrogens is 1. The van der Waals surface area contributed by atoms with E-state index in [4.69, 9.17) is 5.73 Å². The molecule has 0 aliphatic heterocycles. The van der Waals surface area contributed by atoms with Crippen LogP contribution in [0.25, 0.3) is 0 Å². The minimum Gasteiger partial charge on any atom is -0.349 e. The molecule has 0 fully saturated rings. The molecule has 0 aliphatic carbocycles. The molecule has 0 saturated carbocycles. The van der Waals surface area contributed by atoms with E-state index in [-0.39, 0.29) is 29.4 Å². The Bertz CT molecular complexity index is 1180. The van der Waals surface area contributed by atoms with Gasteiger partial charge in [0.2, 0.25) is 6.41 Å². The smallest absolute Gasteiger partial charge is 0.269 e. The van der Waals surface area contributed by atoms with E-state index in [1.807, 2.05) is 36.9 Å². The quantitative estimate of drug-likeness (QED) is 0.233. The Balaban J connectivity index is 0.000000416. The Morgan fingerprint density at radius 3 is 2.12 bits per heavy atom. The molecule has 9 heteroatoms. The molecule has 1 aromatic heterocycles. The summed E-state index contributed by atoms with van der Waals surface area (Å²) in [5.41, 5.74) is 8.65. The zero-order valence-corrected chi connectivity index (χ0v) is 25.5. The molecule has 3 rings (SSSR count). The van der Waals surface area contributed by atoms with Crippen molar-refractivity contribution in [2.24, 2.45) is 11.7 Å². The van der Waals surface area contributed by atoms with E-state index in [0.29, 0.717) is 43.2 Å². The van der Waals surface area contributed by atoms with E-state index in [1.165, 1.54) is 36.0 Å². The summed E-state index contributed by atoms with van der Waals surface area (Å²) in [5.74, 6) is -0.186. The van der Waals surface area contributed by atoms with Gasteiger partial charge in [0, 0.05) is 43.1 Å². The van der Waals surface area contributed by atoms with Crippen LogP contribution in [0.5, 0.6) is 0 Å². The van der Waals surface area contributed by atoms with Crippen molar-refractivity contribution in [1.82, 2.24) is 15.2 Å². The molecule has 4 N–H and O–H groups in total. The highest BCUT2D eigenvalue weighted by Crippen LogP contribution is 2.09. The summed E-state index contributed by atoms with van der Waals surface area (Å²) in [6.45, 7) is 12.2. The van der Waals surface area contributed by atoms with Crippen molar-refractivity contribution < 1.29 is 18.8 Å². The van der Waals surface area contributed by atoms with Crippen LogP contribution in [0.1, 0.15) is 73.4 Å². The van der Waals surface area contributed by atoms with E-state index in [2.05, 4.69) is 48.5 Å². The van der Waals surface area contributed by atoms with Gasteiger partial charge in [-0.05, 0) is 68.5 Å². The van der Waals surface area contributed by atoms with Gasteiger partial charge in [0.05, 0.1) is 0 Å². The first-order valence-electron chi connectivity index (χ1n) is 14.4. The van der Waals surface area contributed by atoms with E-state index < -0.39 is 0 Å². The summed E-state index contributed by atoms with van der Waals surface area (Å²) >= 11 is 0. The van der Waals surface area contributed by atoms with Crippen LogP contribution >= 0.6 is 0 Å². The predicted octanol–water partition coefficient (Wildman–Crippen LogP) is 5.84. The lowest BCUT2D eigenvalue weighted by molar-refractivity contribution is -0.105. The molecule has 0 aliphatic rings. The van der Waals surface area contributed by atoms with Gasteiger partial charge in [0.1, 0.15) is 11.5 Å². The third-order valence-corrected chi connectivity index (χ3v) is 5.82. The van der Waals surface area contributed by atoms with Crippen LogP contribution in [0.15, 0.2) is 72.9 Å². The van der Waals surface area contributed by atoms with Gasteiger partial charge in [-0.1, -0.05) is 63.6 Å². The fraction of sp³-hybridized carbons (Fsp3) is 0.394. The Kier molecular flexibility index (Phi) is 17.7. The van der Waals surface area contributed by atoms with Gasteiger partial charge in [0.25, 0.3) is 11.8 Å². The molecule has 8 nitrogen and oxygen atoms in total. The minimum absolute atomic E-state index is 0.0586. The number of rotatable bonds is 12. The Labute approximate surface area is 249 Å². The molecule has 228 valence electrons. The second-order valence-electron chi connectivity index (χ2n) is 10.2. The first kappa shape index (κ1) is 35.9. The van der Waals surface area contributed by atoms with Crippen molar-refractivity contribution in [2.45, 2.75) is 59.9 Å². The van der Waals surface area contributed by atoms with Crippen molar-refractivity contribution in [3.05, 3.63) is 95.6 Å². The highest BCUT2D eigenvalue weighted by atomic mass is 19.1. The predicted molar refractivity (Wildman–Crippen MR) is 168 cm³/mol. The van der Waals surface area contributed by atoms with Gasteiger partial charge in [-0.15, -0.1) is 0 Å². The number of aryl methyl sites for hydroxylation is 1. The second kappa shape index (κ2) is 20.7. The topological polar surface area (TPSA) is 117 Å². The van der Waals surface area contributed by atoms with Crippen LogP contribution < -0.4 is 16.4 Å². The Morgan fingerprint density at radius 2 is 1.62 bits per heavy atom. The van der Waals surface area contributed by atoms with E-state index in [1.54, 1.807) is 12.1 Å². The normalized spacial score (nSPS) is 10.8. The van der Waals surface area contributed by atoms with Crippen LogP contribution in [0.2, 0.25) is 0 Å². The molecule has 0 spiro atoms. The zero-order chi connectivity index (χ0) is 31.3. The maximum Gasteiger partial charge on any atom is 0.269 e. The molecule has 0 saturated heterocycles. The molecule has 1 heterocycles. The van der Waals surface area contributed by atoms with Crippen LogP contribution in [0, 0.1) is 18.7 Å². The third-order valence-electron chi connectivity index (χ3n) is 5.82. The lowest BCUT2D eigenvalue weighted by Gasteiger charge is -2.21. The number of anilines is 1. The van der Waals surface area contributed by atoms with Gasteiger partial charge >= 0.3 is 0 Å². The van der Waals surface area contributed by atoms with Crippen LogP contribution in [0.3, 0.4) is 0 Å². The van der Waals surface area contributed by atoms with E-state index in [0.717, 1.165) is 19.3 Å².